The van der Waals surface area contributed by atoms with Crippen LogP contribution in [0.1, 0.15) is 5.56 Å². The first-order valence-electron chi connectivity index (χ1n) is 5.12. The van der Waals surface area contributed by atoms with E-state index in [1.54, 1.807) is 0 Å². The van der Waals surface area contributed by atoms with Crippen LogP contribution in [-0.4, -0.2) is 24.5 Å². The average molecular weight is 288 g/mol. The lowest BCUT2D eigenvalue weighted by molar-refractivity contribution is -0.190. The number of aliphatic hydroxyl groups excluding tert-OH is 1. The summed E-state index contributed by atoms with van der Waals surface area (Å²) in [5.74, 6) is -2.20. The molecule has 0 aliphatic heterocycles. The maximum atomic E-state index is 12.3. The Morgan fingerprint density at radius 3 is 1.89 bits per heavy atom. The third-order valence-electron chi connectivity index (χ3n) is 2.32. The molecule has 1 N–H and O–H groups in total. The molecule has 0 saturated carbocycles. The molecule has 0 aliphatic rings. The van der Waals surface area contributed by atoms with Crippen molar-refractivity contribution in [2.75, 3.05) is 13.2 Å². The van der Waals surface area contributed by atoms with Crippen molar-refractivity contribution in [3.8, 4) is 5.75 Å². The summed E-state index contributed by atoms with van der Waals surface area (Å²) >= 11 is 0. The molecule has 1 unspecified atom stereocenters. The van der Waals surface area contributed by atoms with Crippen LogP contribution in [0.25, 0.3) is 0 Å². The van der Waals surface area contributed by atoms with Crippen molar-refractivity contribution in [3.63, 3.8) is 0 Å². The molecule has 108 valence electrons. The summed E-state index contributed by atoms with van der Waals surface area (Å²) in [4.78, 5) is 0. The predicted octanol–water partition coefficient (Wildman–Crippen LogP) is 3.26. The molecule has 1 aromatic carbocycles. The number of hydrogen-bond acceptors (Lipinski definition) is 2. The molecule has 1 atom stereocenters. The second kappa shape index (κ2) is 5.68. The molecule has 0 saturated heterocycles. The van der Waals surface area contributed by atoms with Gasteiger partial charge in [0.15, 0.2) is 0 Å². The monoisotopic (exact) mass is 288 g/mol. The molecular formula is C11H10F6O2. The molecular weight excluding hydrogens is 278 g/mol. The van der Waals surface area contributed by atoms with E-state index >= 15 is 0 Å². The van der Waals surface area contributed by atoms with Crippen molar-refractivity contribution in [3.05, 3.63) is 29.8 Å². The maximum Gasteiger partial charge on any atom is 0.416 e. The smallest absolute Gasteiger partial charge is 0.416 e. The molecule has 1 rings (SSSR count). The minimum Gasteiger partial charge on any atom is -0.493 e. The zero-order chi connectivity index (χ0) is 14.7. The number of ether oxygens (including phenoxy) is 1. The summed E-state index contributed by atoms with van der Waals surface area (Å²) in [6, 6.07) is 3.26. The highest BCUT2D eigenvalue weighted by molar-refractivity contribution is 5.28. The Morgan fingerprint density at radius 2 is 1.53 bits per heavy atom. The van der Waals surface area contributed by atoms with Gasteiger partial charge in [-0.2, -0.15) is 26.3 Å². The summed E-state index contributed by atoms with van der Waals surface area (Å²) in [5.41, 5.74) is -0.922. The number of alkyl halides is 6. The fraction of sp³-hybridized carbons (Fsp3) is 0.455. The third-order valence-corrected chi connectivity index (χ3v) is 2.32. The van der Waals surface area contributed by atoms with Crippen molar-refractivity contribution >= 4 is 0 Å². The summed E-state index contributed by atoms with van der Waals surface area (Å²) in [6.07, 6.45) is -9.14. The van der Waals surface area contributed by atoms with Crippen molar-refractivity contribution < 1.29 is 36.2 Å². The van der Waals surface area contributed by atoms with Crippen LogP contribution in [0.4, 0.5) is 26.3 Å². The molecule has 0 bridgehead atoms. The molecule has 19 heavy (non-hydrogen) atoms. The lowest BCUT2D eigenvalue weighted by Crippen LogP contribution is -2.31. The van der Waals surface area contributed by atoms with Gasteiger partial charge >= 0.3 is 12.4 Å². The number of rotatable bonds is 4. The molecule has 2 nitrogen and oxygen atoms in total. The van der Waals surface area contributed by atoms with Gasteiger partial charge in [0.25, 0.3) is 0 Å². The van der Waals surface area contributed by atoms with E-state index in [1.807, 2.05) is 0 Å². The summed E-state index contributed by atoms with van der Waals surface area (Å²) < 4.78 is 78.1. The van der Waals surface area contributed by atoms with Gasteiger partial charge < -0.3 is 9.84 Å². The van der Waals surface area contributed by atoms with Crippen LogP contribution < -0.4 is 4.74 Å². The van der Waals surface area contributed by atoms with E-state index in [4.69, 9.17) is 9.84 Å². The highest BCUT2D eigenvalue weighted by Crippen LogP contribution is 2.31. The molecule has 0 aliphatic carbocycles. The Balaban J connectivity index is 2.64. The topological polar surface area (TPSA) is 29.5 Å². The van der Waals surface area contributed by atoms with Gasteiger partial charge in [-0.3, -0.25) is 0 Å². The Labute approximate surface area is 104 Å². The number of aliphatic hydroxyl groups is 1. The fourth-order valence-corrected chi connectivity index (χ4v) is 1.19. The minimum absolute atomic E-state index is 0.129. The zero-order valence-electron chi connectivity index (χ0n) is 9.42. The van der Waals surface area contributed by atoms with Crippen molar-refractivity contribution in [2.24, 2.45) is 5.92 Å². The number of benzene rings is 1. The van der Waals surface area contributed by atoms with Crippen LogP contribution in [-0.2, 0) is 6.18 Å². The molecule has 0 radical (unpaired) electrons. The van der Waals surface area contributed by atoms with Crippen LogP contribution in [0.3, 0.4) is 0 Å². The Hall–Kier alpha value is -1.44. The maximum absolute atomic E-state index is 12.3. The largest absolute Gasteiger partial charge is 0.493 e. The van der Waals surface area contributed by atoms with E-state index < -0.39 is 37.0 Å². The van der Waals surface area contributed by atoms with E-state index in [0.29, 0.717) is 12.1 Å². The summed E-state index contributed by atoms with van der Waals surface area (Å²) in [6.45, 7) is -2.00. The fourth-order valence-electron chi connectivity index (χ4n) is 1.19. The van der Waals surface area contributed by atoms with Gasteiger partial charge in [-0.15, -0.1) is 0 Å². The highest BCUT2D eigenvalue weighted by Gasteiger charge is 2.39. The Bertz CT molecular complexity index is 395. The quantitative estimate of drug-likeness (QED) is 0.862. The normalized spacial score (nSPS) is 14.3. The summed E-state index contributed by atoms with van der Waals surface area (Å²) in [7, 11) is 0. The molecule has 0 aromatic heterocycles. The van der Waals surface area contributed by atoms with Crippen LogP contribution in [0.5, 0.6) is 5.75 Å². The van der Waals surface area contributed by atoms with Gasteiger partial charge in [-0.05, 0) is 24.3 Å². The molecule has 0 spiro atoms. The molecule has 0 fully saturated rings. The zero-order valence-corrected chi connectivity index (χ0v) is 9.42. The molecule has 0 amide bonds. The third kappa shape index (κ3) is 4.62. The highest BCUT2D eigenvalue weighted by atomic mass is 19.4. The van der Waals surface area contributed by atoms with Gasteiger partial charge in [-0.25, -0.2) is 0 Å². The average Bonchev–Trinajstić information content (AvgIpc) is 2.27. The van der Waals surface area contributed by atoms with Crippen LogP contribution in [0, 0.1) is 5.92 Å². The standard InChI is InChI=1S/C11H10F6O2/c12-10(13,14)7-1-3-9(4-2-7)19-6-8(5-18)11(15,16)17/h1-4,8,18H,5-6H2. The molecule has 8 heteroatoms. The second-order valence-corrected chi connectivity index (χ2v) is 3.75. The van der Waals surface area contributed by atoms with Crippen LogP contribution in [0.2, 0.25) is 0 Å². The number of halogens is 6. The van der Waals surface area contributed by atoms with E-state index in [0.717, 1.165) is 12.1 Å². The van der Waals surface area contributed by atoms with Gasteiger partial charge in [0, 0.05) is 0 Å². The van der Waals surface area contributed by atoms with Gasteiger partial charge in [-0.1, -0.05) is 0 Å². The minimum atomic E-state index is -4.62. The van der Waals surface area contributed by atoms with E-state index in [-0.39, 0.29) is 5.75 Å². The van der Waals surface area contributed by atoms with E-state index in [9.17, 15) is 26.3 Å². The van der Waals surface area contributed by atoms with Crippen molar-refractivity contribution in [1.29, 1.82) is 0 Å². The first kappa shape index (κ1) is 15.6. The lowest BCUT2D eigenvalue weighted by atomic mass is 10.1. The first-order valence-corrected chi connectivity index (χ1v) is 5.12. The molecule has 1 aromatic rings. The number of hydrogen-bond donors (Lipinski definition) is 1. The Morgan fingerprint density at radius 1 is 1.00 bits per heavy atom. The first-order chi connectivity index (χ1) is 8.64. The van der Waals surface area contributed by atoms with Crippen LogP contribution >= 0.6 is 0 Å². The predicted molar refractivity (Wildman–Crippen MR) is 53.6 cm³/mol. The second-order valence-electron chi connectivity index (χ2n) is 3.75. The van der Waals surface area contributed by atoms with Gasteiger partial charge in [0.2, 0.25) is 0 Å². The van der Waals surface area contributed by atoms with Gasteiger partial charge in [0.05, 0.1) is 12.2 Å². The SMILES string of the molecule is OCC(COc1ccc(C(F)(F)F)cc1)C(F)(F)F. The summed E-state index contributed by atoms with van der Waals surface area (Å²) in [5, 5.41) is 8.54. The van der Waals surface area contributed by atoms with Gasteiger partial charge in [0.1, 0.15) is 18.3 Å². The van der Waals surface area contributed by atoms with Crippen LogP contribution in [0.15, 0.2) is 24.3 Å². The Kier molecular flexibility index (Phi) is 4.67. The van der Waals surface area contributed by atoms with E-state index in [2.05, 4.69) is 0 Å². The van der Waals surface area contributed by atoms with E-state index in [1.165, 1.54) is 0 Å². The van der Waals surface area contributed by atoms with Crippen molar-refractivity contribution in [2.45, 2.75) is 12.4 Å². The molecule has 0 heterocycles. The lowest BCUT2D eigenvalue weighted by Gasteiger charge is -2.18. The van der Waals surface area contributed by atoms with Crippen molar-refractivity contribution in [1.82, 2.24) is 0 Å².